The highest BCUT2D eigenvalue weighted by molar-refractivity contribution is 9.10. The summed E-state index contributed by atoms with van der Waals surface area (Å²) in [6, 6.07) is 3.50. The van der Waals surface area contributed by atoms with Crippen LogP contribution in [0.15, 0.2) is 16.6 Å². The first-order valence-corrected chi connectivity index (χ1v) is 9.71. The maximum atomic E-state index is 12.3. The van der Waals surface area contributed by atoms with Gasteiger partial charge in [-0.2, -0.15) is 0 Å². The summed E-state index contributed by atoms with van der Waals surface area (Å²) in [7, 11) is 2.03. The fraction of sp³-hybridized carbons (Fsp3) is 0.579. The average molecular weight is 429 g/mol. The zero-order valence-corrected chi connectivity index (χ0v) is 17.4. The molecule has 0 unspecified atom stereocenters. The van der Waals surface area contributed by atoms with Gasteiger partial charge in [-0.15, -0.1) is 0 Å². The molecule has 0 aliphatic carbocycles. The Labute approximate surface area is 164 Å². The van der Waals surface area contributed by atoms with E-state index in [1.807, 2.05) is 7.05 Å². The fourth-order valence-corrected chi connectivity index (χ4v) is 3.02. The standard InChI is InChI=1S/C19H29BrN2O4/c1-4-8-22(3)13-16-11-15(12-17(20)18(16)21)19(24)26-10-7-5-6-9-25-14(2)23/h11-12H,4-10,13,21H2,1-3H3. The van der Waals surface area contributed by atoms with Crippen LogP contribution in [-0.2, 0) is 20.8 Å². The first kappa shape index (κ1) is 22.4. The summed E-state index contributed by atoms with van der Waals surface area (Å²) in [6.45, 7) is 5.89. The molecule has 0 spiro atoms. The van der Waals surface area contributed by atoms with E-state index in [2.05, 4.69) is 27.8 Å². The fourth-order valence-electron chi connectivity index (χ4n) is 2.52. The van der Waals surface area contributed by atoms with E-state index in [4.69, 9.17) is 15.2 Å². The molecule has 7 heteroatoms. The van der Waals surface area contributed by atoms with Crippen LogP contribution < -0.4 is 5.73 Å². The molecule has 0 aromatic heterocycles. The Morgan fingerprint density at radius 2 is 1.81 bits per heavy atom. The van der Waals surface area contributed by atoms with Crippen LogP contribution in [0.4, 0.5) is 5.69 Å². The van der Waals surface area contributed by atoms with E-state index in [1.54, 1.807) is 12.1 Å². The van der Waals surface area contributed by atoms with E-state index >= 15 is 0 Å². The van der Waals surface area contributed by atoms with Crippen molar-refractivity contribution < 1.29 is 19.1 Å². The van der Waals surface area contributed by atoms with E-state index < -0.39 is 0 Å². The number of nitrogens with two attached hydrogens (primary N) is 1. The van der Waals surface area contributed by atoms with Crippen LogP contribution in [0.3, 0.4) is 0 Å². The van der Waals surface area contributed by atoms with Gasteiger partial charge in [0.1, 0.15) is 0 Å². The van der Waals surface area contributed by atoms with Gasteiger partial charge in [-0.3, -0.25) is 4.79 Å². The van der Waals surface area contributed by atoms with Gasteiger partial charge in [0, 0.05) is 17.9 Å². The second kappa shape index (κ2) is 11.9. The number of anilines is 1. The van der Waals surface area contributed by atoms with E-state index in [1.165, 1.54) is 6.92 Å². The molecule has 1 aromatic rings. The van der Waals surface area contributed by atoms with Crippen LogP contribution in [0, 0.1) is 0 Å². The first-order chi connectivity index (χ1) is 12.3. The molecule has 0 aliphatic heterocycles. The van der Waals surface area contributed by atoms with Crippen molar-refractivity contribution in [2.45, 2.75) is 46.1 Å². The predicted molar refractivity (Wildman–Crippen MR) is 106 cm³/mol. The van der Waals surface area contributed by atoms with Crippen molar-refractivity contribution in [3.63, 3.8) is 0 Å². The molecule has 0 radical (unpaired) electrons. The Morgan fingerprint density at radius 3 is 2.42 bits per heavy atom. The number of carbonyl (C=O) groups is 2. The highest BCUT2D eigenvalue weighted by Crippen LogP contribution is 2.27. The van der Waals surface area contributed by atoms with Gasteiger partial charge < -0.3 is 20.1 Å². The highest BCUT2D eigenvalue weighted by atomic mass is 79.9. The third-order valence-electron chi connectivity index (χ3n) is 3.82. The van der Waals surface area contributed by atoms with Gasteiger partial charge in [-0.1, -0.05) is 6.92 Å². The molecule has 0 saturated heterocycles. The SMILES string of the molecule is CCCN(C)Cc1cc(C(=O)OCCCCCOC(C)=O)cc(Br)c1N. The zero-order chi connectivity index (χ0) is 19.5. The minimum atomic E-state index is -0.356. The molecule has 146 valence electrons. The molecule has 1 rings (SSSR count). The molecule has 26 heavy (non-hydrogen) atoms. The number of nitrogens with zero attached hydrogens (tertiary/aromatic N) is 1. The lowest BCUT2D eigenvalue weighted by Crippen LogP contribution is -2.20. The van der Waals surface area contributed by atoms with Crippen LogP contribution in [0.5, 0.6) is 0 Å². The number of benzene rings is 1. The second-order valence-corrected chi connectivity index (χ2v) is 7.16. The van der Waals surface area contributed by atoms with E-state index in [0.29, 0.717) is 35.5 Å². The maximum Gasteiger partial charge on any atom is 0.338 e. The van der Waals surface area contributed by atoms with Gasteiger partial charge >= 0.3 is 11.9 Å². The van der Waals surface area contributed by atoms with Gasteiger partial charge in [0.15, 0.2) is 0 Å². The zero-order valence-electron chi connectivity index (χ0n) is 15.8. The Hall–Kier alpha value is -1.60. The van der Waals surface area contributed by atoms with E-state index in [9.17, 15) is 9.59 Å². The molecule has 0 aliphatic rings. The van der Waals surface area contributed by atoms with Crippen LogP contribution in [0.25, 0.3) is 0 Å². The van der Waals surface area contributed by atoms with Crippen molar-refractivity contribution >= 4 is 33.6 Å². The molecule has 0 amide bonds. The quantitative estimate of drug-likeness (QED) is 0.328. The molecular weight excluding hydrogens is 400 g/mol. The third-order valence-corrected chi connectivity index (χ3v) is 4.48. The number of hydrogen-bond donors (Lipinski definition) is 1. The number of unbranched alkanes of at least 4 members (excludes halogenated alkanes) is 2. The lowest BCUT2D eigenvalue weighted by molar-refractivity contribution is -0.141. The van der Waals surface area contributed by atoms with Crippen molar-refractivity contribution in [2.75, 3.05) is 32.5 Å². The van der Waals surface area contributed by atoms with Gasteiger partial charge in [-0.25, -0.2) is 4.79 Å². The first-order valence-electron chi connectivity index (χ1n) is 8.92. The number of carbonyl (C=O) groups excluding carboxylic acids is 2. The lowest BCUT2D eigenvalue weighted by Gasteiger charge is -2.18. The van der Waals surface area contributed by atoms with Crippen molar-refractivity contribution in [2.24, 2.45) is 0 Å². The van der Waals surface area contributed by atoms with Crippen molar-refractivity contribution in [3.05, 3.63) is 27.7 Å². The van der Waals surface area contributed by atoms with Crippen LogP contribution >= 0.6 is 15.9 Å². The Kier molecular flexibility index (Phi) is 10.3. The van der Waals surface area contributed by atoms with Gasteiger partial charge in [0.25, 0.3) is 0 Å². The molecule has 0 bridgehead atoms. The minimum absolute atomic E-state index is 0.272. The summed E-state index contributed by atoms with van der Waals surface area (Å²) in [4.78, 5) is 25.1. The Morgan fingerprint density at radius 1 is 1.15 bits per heavy atom. The van der Waals surface area contributed by atoms with Crippen molar-refractivity contribution in [3.8, 4) is 0 Å². The van der Waals surface area contributed by atoms with Crippen molar-refractivity contribution in [1.82, 2.24) is 4.90 Å². The molecular formula is C19H29BrN2O4. The molecule has 0 atom stereocenters. The highest BCUT2D eigenvalue weighted by Gasteiger charge is 2.14. The van der Waals surface area contributed by atoms with Gasteiger partial charge in [0.2, 0.25) is 0 Å². The lowest BCUT2D eigenvalue weighted by atomic mass is 10.1. The van der Waals surface area contributed by atoms with Gasteiger partial charge in [0.05, 0.1) is 24.5 Å². The number of halogens is 1. The normalized spacial score (nSPS) is 10.8. The molecule has 0 saturated carbocycles. The number of nitrogen functional groups attached to an aromatic ring is 1. The summed E-state index contributed by atoms with van der Waals surface area (Å²) in [5.41, 5.74) is 8.17. The maximum absolute atomic E-state index is 12.3. The number of esters is 2. The molecule has 2 N–H and O–H groups in total. The van der Waals surface area contributed by atoms with Gasteiger partial charge in [-0.05, 0) is 72.9 Å². The van der Waals surface area contributed by atoms with Crippen LogP contribution in [-0.4, -0.2) is 43.6 Å². The minimum Gasteiger partial charge on any atom is -0.466 e. The molecule has 1 aromatic carbocycles. The summed E-state index contributed by atoms with van der Waals surface area (Å²) in [6.07, 6.45) is 3.38. The summed E-state index contributed by atoms with van der Waals surface area (Å²) in [5, 5.41) is 0. The smallest absolute Gasteiger partial charge is 0.338 e. The number of rotatable bonds is 11. The molecule has 6 nitrogen and oxygen atoms in total. The molecule has 0 heterocycles. The summed E-state index contributed by atoms with van der Waals surface area (Å²) < 4.78 is 10.9. The average Bonchev–Trinajstić information content (AvgIpc) is 2.57. The number of hydrogen-bond acceptors (Lipinski definition) is 6. The molecule has 0 fully saturated rings. The van der Waals surface area contributed by atoms with E-state index in [0.717, 1.165) is 37.8 Å². The Balaban J connectivity index is 2.52. The Bertz CT molecular complexity index is 607. The van der Waals surface area contributed by atoms with Crippen LogP contribution in [0.2, 0.25) is 0 Å². The summed E-state index contributed by atoms with van der Waals surface area (Å²) in [5.74, 6) is -0.629. The van der Waals surface area contributed by atoms with Crippen molar-refractivity contribution in [1.29, 1.82) is 0 Å². The topological polar surface area (TPSA) is 81.9 Å². The second-order valence-electron chi connectivity index (χ2n) is 6.31. The van der Waals surface area contributed by atoms with Crippen LogP contribution in [0.1, 0.15) is 55.5 Å². The predicted octanol–water partition coefficient (Wildman–Crippen LogP) is 3.76. The largest absolute Gasteiger partial charge is 0.466 e. The third kappa shape index (κ3) is 8.19. The summed E-state index contributed by atoms with van der Waals surface area (Å²) >= 11 is 3.42. The van der Waals surface area contributed by atoms with E-state index in [-0.39, 0.29) is 11.9 Å². The number of ether oxygens (including phenoxy) is 2. The monoisotopic (exact) mass is 428 g/mol.